The Labute approximate surface area is 199 Å². The van der Waals surface area contributed by atoms with Crippen LogP contribution in [0.3, 0.4) is 0 Å². The second-order valence-corrected chi connectivity index (χ2v) is 8.36. The largest absolute Gasteiger partial charge is 0.497 e. The van der Waals surface area contributed by atoms with Crippen LogP contribution in [0.2, 0.25) is 0 Å². The molecule has 0 fully saturated rings. The van der Waals surface area contributed by atoms with Gasteiger partial charge in [0.15, 0.2) is 0 Å². The first-order valence-corrected chi connectivity index (χ1v) is 11.3. The van der Waals surface area contributed by atoms with Crippen LogP contribution >= 0.6 is 0 Å². The summed E-state index contributed by atoms with van der Waals surface area (Å²) in [7, 11) is 1.62. The lowest BCUT2D eigenvalue weighted by Crippen LogP contribution is -2.45. The summed E-state index contributed by atoms with van der Waals surface area (Å²) in [5.74, 6) is -0.356. The van der Waals surface area contributed by atoms with Crippen molar-refractivity contribution < 1.29 is 19.1 Å². The van der Waals surface area contributed by atoms with Crippen molar-refractivity contribution >= 4 is 17.7 Å². The molecule has 0 saturated carbocycles. The molecule has 4 rings (SSSR count). The summed E-state index contributed by atoms with van der Waals surface area (Å²) in [4.78, 5) is 30.1. The number of hydrogen-bond acceptors (Lipinski definition) is 4. The maximum absolute atomic E-state index is 13.4. The maximum atomic E-state index is 13.4. The van der Waals surface area contributed by atoms with Gasteiger partial charge in [0.05, 0.1) is 13.2 Å². The van der Waals surface area contributed by atoms with Crippen molar-refractivity contribution in [2.45, 2.75) is 32.4 Å². The highest BCUT2D eigenvalue weighted by Gasteiger charge is 2.39. The Morgan fingerprint density at radius 2 is 1.68 bits per heavy atom. The molecule has 0 spiro atoms. The minimum Gasteiger partial charge on any atom is -0.497 e. The zero-order chi connectivity index (χ0) is 23.9. The third-order valence-electron chi connectivity index (χ3n) is 5.93. The van der Waals surface area contributed by atoms with Crippen LogP contribution in [0.1, 0.15) is 34.7 Å². The zero-order valence-electron chi connectivity index (χ0n) is 19.4. The lowest BCUT2D eigenvalue weighted by Gasteiger charge is -2.31. The van der Waals surface area contributed by atoms with Gasteiger partial charge in [0, 0.05) is 5.71 Å². The van der Waals surface area contributed by atoms with E-state index in [0.717, 1.165) is 28.0 Å². The number of carbonyl (C=O) groups is 2. The smallest absolute Gasteiger partial charge is 0.341 e. The minimum atomic E-state index is -0.713. The predicted octanol–water partition coefficient (Wildman–Crippen LogP) is 5.20. The second kappa shape index (κ2) is 10.8. The molecule has 1 aliphatic heterocycles. The van der Waals surface area contributed by atoms with Crippen LogP contribution in [-0.4, -0.2) is 24.8 Å². The number of aryl methyl sites for hydroxylation is 2. The van der Waals surface area contributed by atoms with Gasteiger partial charge in [-0.2, -0.15) is 0 Å². The van der Waals surface area contributed by atoms with Gasteiger partial charge in [-0.15, -0.1) is 0 Å². The molecule has 2 atom stereocenters. The molecule has 0 radical (unpaired) electrons. The molecule has 2 amide bonds. The fourth-order valence-corrected chi connectivity index (χ4v) is 4.09. The van der Waals surface area contributed by atoms with E-state index in [4.69, 9.17) is 9.47 Å². The molecular formula is C28H28N2O4. The van der Waals surface area contributed by atoms with Crippen LogP contribution in [-0.2, 0) is 22.6 Å². The number of amides is 2. The fourth-order valence-electron chi connectivity index (χ4n) is 4.09. The van der Waals surface area contributed by atoms with Crippen molar-refractivity contribution in [1.82, 2.24) is 5.32 Å². The molecule has 0 aromatic heterocycles. The molecule has 6 heteroatoms. The van der Waals surface area contributed by atoms with Gasteiger partial charge in [0.1, 0.15) is 18.3 Å². The highest BCUT2D eigenvalue weighted by molar-refractivity contribution is 6.09. The van der Waals surface area contributed by atoms with E-state index < -0.39 is 24.0 Å². The summed E-state index contributed by atoms with van der Waals surface area (Å²) in [5, 5.41) is 2.88. The van der Waals surface area contributed by atoms with Gasteiger partial charge < -0.3 is 14.8 Å². The van der Waals surface area contributed by atoms with Crippen LogP contribution < -0.4 is 10.1 Å². The monoisotopic (exact) mass is 456 g/mol. The third-order valence-corrected chi connectivity index (χ3v) is 5.93. The Balaban J connectivity index is 1.59. The van der Waals surface area contributed by atoms with Crippen molar-refractivity contribution in [3.05, 3.63) is 101 Å². The first kappa shape index (κ1) is 23.2. The maximum Gasteiger partial charge on any atom is 0.341 e. The fraction of sp³-hybridized carbons (Fsp3) is 0.250. The Morgan fingerprint density at radius 3 is 2.41 bits per heavy atom. The number of nitrogens with one attached hydrogen (secondary N) is 1. The molecule has 3 aromatic rings. The minimum absolute atomic E-state index is 0.161. The first-order valence-electron chi connectivity index (χ1n) is 11.3. The van der Waals surface area contributed by atoms with Crippen molar-refractivity contribution in [1.29, 1.82) is 0 Å². The second-order valence-electron chi connectivity index (χ2n) is 8.36. The number of aliphatic imine (C=N–C) groups is 1. The highest BCUT2D eigenvalue weighted by Crippen LogP contribution is 2.30. The summed E-state index contributed by atoms with van der Waals surface area (Å²) < 4.78 is 11.0. The van der Waals surface area contributed by atoms with Crippen molar-refractivity contribution in [3.8, 4) is 5.75 Å². The zero-order valence-corrected chi connectivity index (χ0v) is 19.4. The average Bonchev–Trinajstić information content (AvgIpc) is 2.87. The van der Waals surface area contributed by atoms with Crippen molar-refractivity contribution in [3.63, 3.8) is 0 Å². The summed E-state index contributed by atoms with van der Waals surface area (Å²) in [6.45, 7) is 2.16. The Bertz CT molecular complexity index is 1170. The Kier molecular flexibility index (Phi) is 7.38. The Morgan fingerprint density at radius 1 is 0.941 bits per heavy atom. The molecule has 3 aromatic carbocycles. The molecule has 6 nitrogen and oxygen atoms in total. The van der Waals surface area contributed by atoms with Crippen LogP contribution in [0.5, 0.6) is 5.75 Å². The molecule has 1 N–H and O–H groups in total. The van der Waals surface area contributed by atoms with Crippen LogP contribution in [0.4, 0.5) is 4.79 Å². The standard InChI is InChI=1S/C28H28N2O4/c1-19-11-14-22(15-12-19)26-25(27(31)34-18-21-7-4-3-5-8-21)24(29-28(32)30-26)16-13-20-9-6-10-23(17-20)33-2/h3-12,14-15,17,25-26H,13,16,18H2,1-2H3,(H,30,32). The molecule has 174 valence electrons. The van der Waals surface area contributed by atoms with E-state index >= 15 is 0 Å². The molecule has 0 aliphatic carbocycles. The van der Waals surface area contributed by atoms with Crippen LogP contribution in [0, 0.1) is 12.8 Å². The first-order chi connectivity index (χ1) is 16.5. The summed E-state index contributed by atoms with van der Waals surface area (Å²) in [6, 6.07) is 24.1. The highest BCUT2D eigenvalue weighted by atomic mass is 16.5. The van der Waals surface area contributed by atoms with E-state index in [1.807, 2.05) is 85.8 Å². The van der Waals surface area contributed by atoms with Gasteiger partial charge in [-0.1, -0.05) is 72.3 Å². The number of rotatable bonds is 8. The number of esters is 1. The van der Waals surface area contributed by atoms with Crippen molar-refractivity contribution in [2.75, 3.05) is 7.11 Å². The topological polar surface area (TPSA) is 77.0 Å². The molecule has 0 bridgehead atoms. The number of carbonyl (C=O) groups excluding carboxylic acids is 2. The lowest BCUT2D eigenvalue weighted by molar-refractivity contribution is -0.148. The molecule has 1 heterocycles. The number of benzene rings is 3. The number of ether oxygens (including phenoxy) is 2. The van der Waals surface area contributed by atoms with E-state index in [1.165, 1.54) is 0 Å². The number of nitrogens with zero attached hydrogens (tertiary/aromatic N) is 1. The lowest BCUT2D eigenvalue weighted by atomic mass is 9.85. The van der Waals surface area contributed by atoms with Gasteiger partial charge in [0.25, 0.3) is 0 Å². The summed E-state index contributed by atoms with van der Waals surface area (Å²) in [6.07, 6.45) is 1.07. The van der Waals surface area contributed by atoms with Gasteiger partial charge >= 0.3 is 12.0 Å². The SMILES string of the molecule is COc1cccc(CCC2=NC(=O)NC(c3ccc(C)cc3)C2C(=O)OCc2ccccc2)c1. The van der Waals surface area contributed by atoms with Gasteiger partial charge in [-0.25, -0.2) is 9.79 Å². The molecular weight excluding hydrogens is 428 g/mol. The van der Waals surface area contributed by atoms with Gasteiger partial charge in [0.2, 0.25) is 0 Å². The van der Waals surface area contributed by atoms with E-state index in [1.54, 1.807) is 7.11 Å². The normalized spacial score (nSPS) is 17.5. The predicted molar refractivity (Wildman–Crippen MR) is 131 cm³/mol. The third kappa shape index (κ3) is 5.70. The Hall–Kier alpha value is -3.93. The molecule has 1 aliphatic rings. The summed E-state index contributed by atoms with van der Waals surface area (Å²) >= 11 is 0. The number of hydrogen-bond donors (Lipinski definition) is 1. The average molecular weight is 457 g/mol. The van der Waals surface area contributed by atoms with E-state index in [9.17, 15) is 9.59 Å². The summed E-state index contributed by atoms with van der Waals surface area (Å²) in [5.41, 5.74) is 4.40. The van der Waals surface area contributed by atoms with E-state index in [0.29, 0.717) is 18.6 Å². The van der Waals surface area contributed by atoms with Gasteiger partial charge in [-0.05, 0) is 48.6 Å². The number of methoxy groups -OCH3 is 1. The van der Waals surface area contributed by atoms with Crippen LogP contribution in [0.15, 0.2) is 83.9 Å². The molecule has 34 heavy (non-hydrogen) atoms. The molecule has 2 unspecified atom stereocenters. The van der Waals surface area contributed by atoms with Crippen LogP contribution in [0.25, 0.3) is 0 Å². The number of urea groups is 1. The molecule has 0 saturated heterocycles. The van der Waals surface area contributed by atoms with Gasteiger partial charge in [-0.3, -0.25) is 4.79 Å². The quantitative estimate of drug-likeness (QED) is 0.473. The van der Waals surface area contributed by atoms with Crippen molar-refractivity contribution in [2.24, 2.45) is 10.9 Å². The van der Waals surface area contributed by atoms with E-state index in [2.05, 4.69) is 10.3 Å². The van der Waals surface area contributed by atoms with E-state index in [-0.39, 0.29) is 6.61 Å².